The molecular weight excluding hydrogens is 264 g/mol. The van der Waals surface area contributed by atoms with Crippen molar-refractivity contribution in [3.05, 3.63) is 35.4 Å². The maximum absolute atomic E-state index is 12.3. The molecule has 4 heteroatoms. The maximum atomic E-state index is 12.3. The van der Waals surface area contributed by atoms with E-state index in [4.69, 9.17) is 5.11 Å². The van der Waals surface area contributed by atoms with Crippen molar-refractivity contribution in [2.75, 3.05) is 33.3 Å². The van der Waals surface area contributed by atoms with Gasteiger partial charge in [-0.2, -0.15) is 0 Å². The van der Waals surface area contributed by atoms with Crippen LogP contribution in [0, 0.1) is 12.8 Å². The zero-order valence-electron chi connectivity index (χ0n) is 13.1. The summed E-state index contributed by atoms with van der Waals surface area (Å²) in [6.07, 6.45) is 1.94. The summed E-state index contributed by atoms with van der Waals surface area (Å²) in [4.78, 5) is 16.3. The summed E-state index contributed by atoms with van der Waals surface area (Å²) in [5.41, 5.74) is 2.40. The number of carbonyl (C=O) groups excluding carboxylic acids is 1. The average molecular weight is 290 g/mol. The summed E-state index contributed by atoms with van der Waals surface area (Å²) in [7, 11) is 1.86. The smallest absolute Gasteiger partial charge is 0.236 e. The third-order valence-corrected chi connectivity index (χ3v) is 4.23. The Kier molecular flexibility index (Phi) is 5.76. The predicted molar refractivity (Wildman–Crippen MR) is 83.9 cm³/mol. The van der Waals surface area contributed by atoms with Gasteiger partial charge in [-0.05, 0) is 37.8 Å². The highest BCUT2D eigenvalue weighted by molar-refractivity contribution is 5.78. The Hall–Kier alpha value is -1.39. The van der Waals surface area contributed by atoms with E-state index in [-0.39, 0.29) is 12.5 Å². The van der Waals surface area contributed by atoms with Crippen LogP contribution in [-0.4, -0.2) is 54.1 Å². The normalized spacial score (nSPS) is 18.9. The van der Waals surface area contributed by atoms with Crippen molar-refractivity contribution in [1.82, 2.24) is 9.80 Å². The van der Waals surface area contributed by atoms with Crippen LogP contribution in [-0.2, 0) is 11.3 Å². The van der Waals surface area contributed by atoms with Crippen molar-refractivity contribution in [3.8, 4) is 0 Å². The van der Waals surface area contributed by atoms with Crippen molar-refractivity contribution in [3.63, 3.8) is 0 Å². The fraction of sp³-hybridized carbons (Fsp3) is 0.588. The molecule has 4 nitrogen and oxygen atoms in total. The number of aliphatic hydroxyl groups excluding tert-OH is 1. The molecule has 0 bridgehead atoms. The van der Waals surface area contributed by atoms with E-state index in [1.807, 2.05) is 7.05 Å². The number of benzene rings is 1. The summed E-state index contributed by atoms with van der Waals surface area (Å²) in [5, 5.41) is 8.97. The van der Waals surface area contributed by atoms with E-state index in [1.165, 1.54) is 5.56 Å². The van der Waals surface area contributed by atoms with Crippen molar-refractivity contribution < 1.29 is 9.90 Å². The number of likely N-dealkylation sites (N-methyl/N-ethyl adjacent to an activating group) is 1. The number of aryl methyl sites for hydroxylation is 1. The van der Waals surface area contributed by atoms with Gasteiger partial charge in [-0.3, -0.25) is 9.69 Å². The number of amides is 1. The molecule has 1 unspecified atom stereocenters. The minimum atomic E-state index is 0.167. The van der Waals surface area contributed by atoms with Crippen LogP contribution in [0.25, 0.3) is 0 Å². The molecule has 1 heterocycles. The third-order valence-electron chi connectivity index (χ3n) is 4.23. The summed E-state index contributed by atoms with van der Waals surface area (Å²) >= 11 is 0. The van der Waals surface area contributed by atoms with E-state index < -0.39 is 0 Å². The van der Waals surface area contributed by atoms with Crippen LogP contribution in [0.4, 0.5) is 0 Å². The molecule has 1 saturated heterocycles. The van der Waals surface area contributed by atoms with Gasteiger partial charge < -0.3 is 10.0 Å². The van der Waals surface area contributed by atoms with Crippen LogP contribution < -0.4 is 0 Å². The lowest BCUT2D eigenvalue weighted by Gasteiger charge is -2.22. The van der Waals surface area contributed by atoms with Crippen LogP contribution in [0.15, 0.2) is 24.3 Å². The van der Waals surface area contributed by atoms with E-state index in [2.05, 4.69) is 36.1 Å². The van der Waals surface area contributed by atoms with E-state index in [1.54, 1.807) is 4.90 Å². The van der Waals surface area contributed by atoms with Crippen molar-refractivity contribution >= 4 is 5.91 Å². The Labute approximate surface area is 127 Å². The lowest BCUT2D eigenvalue weighted by atomic mass is 10.1. The number of nitrogens with zero attached hydrogens (tertiary/aromatic N) is 2. The van der Waals surface area contributed by atoms with Gasteiger partial charge in [-0.1, -0.05) is 29.8 Å². The predicted octanol–water partition coefficient (Wildman–Crippen LogP) is 1.66. The molecule has 0 aromatic heterocycles. The number of rotatable bonds is 6. The summed E-state index contributed by atoms with van der Waals surface area (Å²) in [6.45, 7) is 5.37. The quantitative estimate of drug-likeness (QED) is 0.866. The first-order valence-electron chi connectivity index (χ1n) is 7.71. The molecule has 0 spiro atoms. The molecule has 1 aromatic rings. The molecular formula is C17H26N2O2. The van der Waals surface area contributed by atoms with Crippen molar-refractivity contribution in [1.29, 1.82) is 0 Å². The SMILES string of the molecule is Cc1ccc(CN(C)C(=O)CN2CCC(CCO)C2)cc1. The van der Waals surface area contributed by atoms with Gasteiger partial charge in [-0.15, -0.1) is 0 Å². The monoisotopic (exact) mass is 290 g/mol. The van der Waals surface area contributed by atoms with Gasteiger partial charge in [0.05, 0.1) is 6.54 Å². The molecule has 1 aliphatic heterocycles. The lowest BCUT2D eigenvalue weighted by Crippen LogP contribution is -2.37. The van der Waals surface area contributed by atoms with Crippen LogP contribution in [0.2, 0.25) is 0 Å². The summed E-state index contributed by atoms with van der Waals surface area (Å²) < 4.78 is 0. The molecule has 0 saturated carbocycles. The average Bonchev–Trinajstić information content (AvgIpc) is 2.89. The molecule has 0 radical (unpaired) electrons. The first kappa shape index (κ1) is 16.0. The molecule has 116 valence electrons. The van der Waals surface area contributed by atoms with Gasteiger partial charge >= 0.3 is 0 Å². The van der Waals surface area contributed by atoms with Gasteiger partial charge in [0, 0.05) is 26.7 Å². The van der Waals surface area contributed by atoms with Gasteiger partial charge in [0.2, 0.25) is 5.91 Å². The fourth-order valence-corrected chi connectivity index (χ4v) is 2.84. The molecule has 21 heavy (non-hydrogen) atoms. The minimum absolute atomic E-state index is 0.167. The van der Waals surface area contributed by atoms with Gasteiger partial charge in [0.25, 0.3) is 0 Å². The van der Waals surface area contributed by atoms with E-state index in [9.17, 15) is 4.79 Å². The number of carbonyl (C=O) groups is 1. The topological polar surface area (TPSA) is 43.8 Å². The highest BCUT2D eigenvalue weighted by atomic mass is 16.3. The maximum Gasteiger partial charge on any atom is 0.236 e. The van der Waals surface area contributed by atoms with E-state index in [0.29, 0.717) is 19.0 Å². The van der Waals surface area contributed by atoms with Gasteiger partial charge in [0.15, 0.2) is 0 Å². The first-order valence-corrected chi connectivity index (χ1v) is 7.71. The molecule has 1 atom stereocenters. The van der Waals surface area contributed by atoms with Crippen LogP contribution in [0.1, 0.15) is 24.0 Å². The number of aliphatic hydroxyl groups is 1. The molecule has 1 aromatic carbocycles. The third kappa shape index (κ3) is 4.83. The molecule has 2 rings (SSSR count). The van der Waals surface area contributed by atoms with E-state index >= 15 is 0 Å². The van der Waals surface area contributed by atoms with Crippen LogP contribution in [0.5, 0.6) is 0 Å². The molecule has 0 aliphatic carbocycles. The standard InChI is InChI=1S/C17H26N2O2/c1-14-3-5-15(6-4-14)11-18(2)17(21)13-19-9-7-16(12-19)8-10-20/h3-6,16,20H,7-13H2,1-2H3. The highest BCUT2D eigenvalue weighted by Crippen LogP contribution is 2.19. The molecule has 1 fully saturated rings. The molecule has 1 N–H and O–H groups in total. The van der Waals surface area contributed by atoms with Crippen LogP contribution in [0.3, 0.4) is 0 Å². The van der Waals surface area contributed by atoms with Crippen LogP contribution >= 0.6 is 0 Å². The first-order chi connectivity index (χ1) is 10.1. The number of hydrogen-bond donors (Lipinski definition) is 1. The number of likely N-dealkylation sites (tertiary alicyclic amines) is 1. The lowest BCUT2D eigenvalue weighted by molar-refractivity contribution is -0.131. The second-order valence-electron chi connectivity index (χ2n) is 6.14. The summed E-state index contributed by atoms with van der Waals surface area (Å²) in [5.74, 6) is 0.713. The second kappa shape index (κ2) is 7.57. The van der Waals surface area contributed by atoms with Crippen molar-refractivity contribution in [2.45, 2.75) is 26.3 Å². The minimum Gasteiger partial charge on any atom is -0.396 e. The molecule has 1 aliphatic rings. The highest BCUT2D eigenvalue weighted by Gasteiger charge is 2.24. The van der Waals surface area contributed by atoms with Crippen molar-refractivity contribution in [2.24, 2.45) is 5.92 Å². The Morgan fingerprint density at radius 2 is 2.10 bits per heavy atom. The number of hydrogen-bond acceptors (Lipinski definition) is 3. The van der Waals surface area contributed by atoms with Gasteiger partial charge in [-0.25, -0.2) is 0 Å². The Morgan fingerprint density at radius 1 is 1.38 bits per heavy atom. The zero-order chi connectivity index (χ0) is 15.2. The summed E-state index contributed by atoms with van der Waals surface area (Å²) in [6, 6.07) is 8.31. The Bertz CT molecular complexity index is 458. The second-order valence-corrected chi connectivity index (χ2v) is 6.14. The molecule has 1 amide bonds. The zero-order valence-corrected chi connectivity index (χ0v) is 13.1. The van der Waals surface area contributed by atoms with E-state index in [0.717, 1.165) is 31.5 Å². The van der Waals surface area contributed by atoms with Gasteiger partial charge in [0.1, 0.15) is 0 Å². The Balaban J connectivity index is 1.79. The Morgan fingerprint density at radius 3 is 2.76 bits per heavy atom. The largest absolute Gasteiger partial charge is 0.396 e. The fourth-order valence-electron chi connectivity index (χ4n) is 2.84.